The number of benzene rings is 1. The Morgan fingerprint density at radius 3 is 2.83 bits per heavy atom. The summed E-state index contributed by atoms with van der Waals surface area (Å²) in [5.74, 6) is -0.690. The van der Waals surface area contributed by atoms with E-state index < -0.39 is 0 Å². The number of esters is 1. The fourth-order valence-electron chi connectivity index (χ4n) is 1.42. The molecule has 0 amide bonds. The molecule has 0 aromatic heterocycles. The van der Waals surface area contributed by atoms with Gasteiger partial charge in [-0.15, -0.1) is 0 Å². The highest BCUT2D eigenvalue weighted by Gasteiger charge is 2.06. The smallest absolute Gasteiger partial charge is 0.333 e. The zero-order valence-corrected chi connectivity index (χ0v) is 11.9. The second kappa shape index (κ2) is 7.16. The SMILES string of the molecule is CC/C(=C/CNc1ccc(Br)cc1F)C(=O)OC. The van der Waals surface area contributed by atoms with Gasteiger partial charge < -0.3 is 10.1 Å². The molecule has 0 fully saturated rings. The van der Waals surface area contributed by atoms with E-state index in [0.29, 0.717) is 28.7 Å². The van der Waals surface area contributed by atoms with E-state index in [0.717, 1.165) is 0 Å². The van der Waals surface area contributed by atoms with Gasteiger partial charge in [0.15, 0.2) is 0 Å². The molecular formula is C13H15BrFNO2. The quantitative estimate of drug-likeness (QED) is 0.667. The van der Waals surface area contributed by atoms with Crippen molar-refractivity contribution in [2.45, 2.75) is 13.3 Å². The summed E-state index contributed by atoms with van der Waals surface area (Å²) in [6.07, 6.45) is 2.28. The van der Waals surface area contributed by atoms with Crippen LogP contribution in [0.15, 0.2) is 34.3 Å². The molecule has 0 radical (unpaired) electrons. The average molecular weight is 316 g/mol. The van der Waals surface area contributed by atoms with Gasteiger partial charge in [-0.2, -0.15) is 0 Å². The lowest BCUT2D eigenvalue weighted by atomic mass is 10.2. The number of methoxy groups -OCH3 is 1. The molecule has 5 heteroatoms. The minimum Gasteiger partial charge on any atom is -0.466 e. The molecule has 0 unspecified atom stereocenters. The predicted octanol–water partition coefficient (Wildman–Crippen LogP) is 3.51. The number of halogens is 2. The fraction of sp³-hybridized carbons (Fsp3) is 0.308. The number of carbonyl (C=O) groups is 1. The summed E-state index contributed by atoms with van der Waals surface area (Å²) < 4.78 is 18.8. The van der Waals surface area contributed by atoms with Crippen LogP contribution >= 0.6 is 15.9 Å². The van der Waals surface area contributed by atoms with Crippen LogP contribution in [0.25, 0.3) is 0 Å². The van der Waals surface area contributed by atoms with Crippen molar-refractivity contribution in [3.8, 4) is 0 Å². The van der Waals surface area contributed by atoms with Crippen LogP contribution in [0.5, 0.6) is 0 Å². The molecule has 1 aromatic rings. The lowest BCUT2D eigenvalue weighted by molar-refractivity contribution is -0.136. The molecule has 0 aliphatic rings. The van der Waals surface area contributed by atoms with Crippen molar-refractivity contribution >= 4 is 27.6 Å². The molecule has 0 aliphatic heterocycles. The number of carbonyl (C=O) groups excluding carboxylic acids is 1. The van der Waals surface area contributed by atoms with Gasteiger partial charge in [-0.25, -0.2) is 9.18 Å². The number of anilines is 1. The molecule has 1 aromatic carbocycles. The topological polar surface area (TPSA) is 38.3 Å². The molecule has 0 heterocycles. The van der Waals surface area contributed by atoms with E-state index in [2.05, 4.69) is 26.0 Å². The summed E-state index contributed by atoms with van der Waals surface area (Å²) >= 11 is 3.19. The van der Waals surface area contributed by atoms with E-state index in [1.807, 2.05) is 6.92 Å². The van der Waals surface area contributed by atoms with Crippen molar-refractivity contribution in [1.29, 1.82) is 0 Å². The van der Waals surface area contributed by atoms with Gasteiger partial charge in [0, 0.05) is 16.6 Å². The Bertz CT molecular complexity index is 460. The lowest BCUT2D eigenvalue weighted by Gasteiger charge is -2.06. The summed E-state index contributed by atoms with van der Waals surface area (Å²) in [6.45, 7) is 2.24. The zero-order chi connectivity index (χ0) is 13.5. The van der Waals surface area contributed by atoms with Gasteiger partial charge in [0.2, 0.25) is 0 Å². The molecule has 0 atom stereocenters. The normalized spacial score (nSPS) is 11.2. The third kappa shape index (κ3) is 4.14. The second-order valence-corrected chi connectivity index (χ2v) is 4.50. The van der Waals surface area contributed by atoms with Gasteiger partial charge in [0.25, 0.3) is 0 Å². The monoisotopic (exact) mass is 315 g/mol. The first-order valence-electron chi connectivity index (χ1n) is 5.54. The molecule has 0 saturated carbocycles. The predicted molar refractivity (Wildman–Crippen MR) is 73.0 cm³/mol. The van der Waals surface area contributed by atoms with Crippen LogP contribution in [0.3, 0.4) is 0 Å². The Hall–Kier alpha value is -1.36. The first kappa shape index (κ1) is 14.7. The Labute approximate surface area is 114 Å². The Balaban J connectivity index is 2.65. The van der Waals surface area contributed by atoms with Gasteiger partial charge in [0.05, 0.1) is 12.8 Å². The molecule has 1 rings (SSSR count). The number of hydrogen-bond acceptors (Lipinski definition) is 3. The van der Waals surface area contributed by atoms with Gasteiger partial charge in [-0.1, -0.05) is 28.9 Å². The van der Waals surface area contributed by atoms with Crippen LogP contribution in [0.1, 0.15) is 13.3 Å². The van der Waals surface area contributed by atoms with Crippen LogP contribution in [0.4, 0.5) is 10.1 Å². The number of nitrogens with one attached hydrogen (secondary N) is 1. The number of hydrogen-bond donors (Lipinski definition) is 1. The molecular weight excluding hydrogens is 301 g/mol. The number of rotatable bonds is 5. The minimum absolute atomic E-state index is 0.339. The Morgan fingerprint density at radius 1 is 1.56 bits per heavy atom. The van der Waals surface area contributed by atoms with E-state index in [1.54, 1.807) is 18.2 Å². The standard InChI is InChI=1S/C13H15BrFNO2/c1-3-9(13(17)18-2)6-7-16-12-5-4-10(14)8-11(12)15/h4-6,8,16H,3,7H2,1-2H3/b9-6-. The van der Waals surface area contributed by atoms with Crippen molar-refractivity contribution < 1.29 is 13.9 Å². The van der Waals surface area contributed by atoms with E-state index in [-0.39, 0.29) is 11.8 Å². The molecule has 1 N–H and O–H groups in total. The van der Waals surface area contributed by atoms with Crippen molar-refractivity contribution in [3.05, 3.63) is 40.1 Å². The molecule has 0 spiro atoms. The minimum atomic E-state index is -0.351. The van der Waals surface area contributed by atoms with E-state index in [4.69, 9.17) is 0 Å². The highest BCUT2D eigenvalue weighted by molar-refractivity contribution is 9.10. The molecule has 3 nitrogen and oxygen atoms in total. The van der Waals surface area contributed by atoms with Crippen molar-refractivity contribution in [3.63, 3.8) is 0 Å². The molecule has 0 aliphatic carbocycles. The largest absolute Gasteiger partial charge is 0.466 e. The molecule has 18 heavy (non-hydrogen) atoms. The fourth-order valence-corrected chi connectivity index (χ4v) is 1.75. The lowest BCUT2D eigenvalue weighted by Crippen LogP contribution is -2.07. The van der Waals surface area contributed by atoms with Crippen LogP contribution in [0, 0.1) is 5.82 Å². The number of ether oxygens (including phenoxy) is 1. The average Bonchev–Trinajstić information content (AvgIpc) is 2.36. The van der Waals surface area contributed by atoms with Crippen molar-refractivity contribution in [2.75, 3.05) is 19.0 Å². The van der Waals surface area contributed by atoms with Crippen LogP contribution in [-0.2, 0) is 9.53 Å². The van der Waals surface area contributed by atoms with Gasteiger partial charge >= 0.3 is 5.97 Å². The molecule has 98 valence electrons. The highest BCUT2D eigenvalue weighted by atomic mass is 79.9. The Morgan fingerprint density at radius 2 is 2.28 bits per heavy atom. The maximum atomic E-state index is 13.5. The maximum absolute atomic E-state index is 13.5. The highest BCUT2D eigenvalue weighted by Crippen LogP contribution is 2.19. The third-order valence-electron chi connectivity index (χ3n) is 2.40. The van der Waals surface area contributed by atoms with Crippen LogP contribution in [-0.4, -0.2) is 19.6 Å². The van der Waals surface area contributed by atoms with Crippen molar-refractivity contribution in [1.82, 2.24) is 0 Å². The zero-order valence-electron chi connectivity index (χ0n) is 10.3. The van der Waals surface area contributed by atoms with Crippen molar-refractivity contribution in [2.24, 2.45) is 0 Å². The van der Waals surface area contributed by atoms with Gasteiger partial charge in [-0.3, -0.25) is 0 Å². The summed E-state index contributed by atoms with van der Waals surface area (Å²) in [7, 11) is 1.34. The van der Waals surface area contributed by atoms with Gasteiger partial charge in [0.1, 0.15) is 5.82 Å². The van der Waals surface area contributed by atoms with Crippen LogP contribution in [0.2, 0.25) is 0 Å². The molecule has 0 bridgehead atoms. The first-order valence-corrected chi connectivity index (χ1v) is 6.34. The molecule has 0 saturated heterocycles. The van der Waals surface area contributed by atoms with Crippen LogP contribution < -0.4 is 5.32 Å². The summed E-state index contributed by atoms with van der Waals surface area (Å²) in [4.78, 5) is 11.3. The second-order valence-electron chi connectivity index (χ2n) is 3.58. The van der Waals surface area contributed by atoms with E-state index in [1.165, 1.54) is 13.2 Å². The van der Waals surface area contributed by atoms with E-state index >= 15 is 0 Å². The third-order valence-corrected chi connectivity index (χ3v) is 2.89. The first-order chi connectivity index (χ1) is 8.58. The Kier molecular flexibility index (Phi) is 5.85. The maximum Gasteiger partial charge on any atom is 0.333 e. The summed E-state index contributed by atoms with van der Waals surface area (Å²) in [5, 5.41) is 2.90. The van der Waals surface area contributed by atoms with Gasteiger partial charge in [-0.05, 0) is 24.6 Å². The summed E-state index contributed by atoms with van der Waals surface area (Å²) in [5.41, 5.74) is 0.970. The summed E-state index contributed by atoms with van der Waals surface area (Å²) in [6, 6.07) is 4.76. The van der Waals surface area contributed by atoms with E-state index in [9.17, 15) is 9.18 Å².